The van der Waals surface area contributed by atoms with Crippen molar-refractivity contribution in [2.75, 3.05) is 6.54 Å². The lowest BCUT2D eigenvalue weighted by atomic mass is 9.98. The second-order valence-corrected chi connectivity index (χ2v) is 6.48. The highest BCUT2D eigenvalue weighted by molar-refractivity contribution is 5.82. The van der Waals surface area contributed by atoms with E-state index in [0.29, 0.717) is 18.9 Å². The second-order valence-electron chi connectivity index (χ2n) is 6.48. The molecule has 3 rings (SSSR count). The van der Waals surface area contributed by atoms with E-state index in [4.69, 9.17) is 0 Å². The molecular weight excluding hydrogens is 308 g/mol. The third-order valence-corrected chi connectivity index (χ3v) is 4.74. The van der Waals surface area contributed by atoms with Crippen LogP contribution in [0.15, 0.2) is 48.5 Å². The number of rotatable bonds is 6. The number of hydrogen-bond donors (Lipinski definition) is 1. The van der Waals surface area contributed by atoms with Crippen molar-refractivity contribution in [2.24, 2.45) is 5.92 Å². The van der Waals surface area contributed by atoms with Gasteiger partial charge in [-0.1, -0.05) is 43.3 Å². The molecule has 0 bridgehead atoms. The maximum atomic E-state index is 13.8. The number of carbonyl (C=O) groups excluding carboxylic acids is 1. The fourth-order valence-corrected chi connectivity index (χ4v) is 3.16. The lowest BCUT2D eigenvalue weighted by molar-refractivity contribution is -0.122. The fraction of sp³-hybridized carbons (Fsp3) is 0.350. The van der Waals surface area contributed by atoms with Gasteiger partial charge in [0.05, 0.1) is 0 Å². The molecule has 126 valence electrons. The van der Waals surface area contributed by atoms with Gasteiger partial charge in [0.1, 0.15) is 11.6 Å². The highest BCUT2D eigenvalue weighted by Crippen LogP contribution is 2.49. The first-order valence-electron chi connectivity index (χ1n) is 8.34. The Balaban J connectivity index is 1.49. The van der Waals surface area contributed by atoms with Gasteiger partial charge in [0.15, 0.2) is 0 Å². The van der Waals surface area contributed by atoms with Gasteiger partial charge in [-0.3, -0.25) is 4.79 Å². The summed E-state index contributed by atoms with van der Waals surface area (Å²) in [5.74, 6) is -1.53. The summed E-state index contributed by atoms with van der Waals surface area (Å²) in [6, 6.07) is 14.0. The van der Waals surface area contributed by atoms with Crippen LogP contribution < -0.4 is 5.32 Å². The Kier molecular flexibility index (Phi) is 4.93. The van der Waals surface area contributed by atoms with Gasteiger partial charge in [-0.15, -0.1) is 0 Å². The molecule has 2 nitrogen and oxygen atoms in total. The molecule has 2 aromatic carbocycles. The largest absolute Gasteiger partial charge is 0.356 e. The molecule has 2 aromatic rings. The molecule has 0 heterocycles. The van der Waals surface area contributed by atoms with Crippen molar-refractivity contribution >= 4 is 5.91 Å². The van der Waals surface area contributed by atoms with Gasteiger partial charge < -0.3 is 5.32 Å². The molecule has 0 saturated heterocycles. The van der Waals surface area contributed by atoms with Crippen LogP contribution in [0.25, 0.3) is 0 Å². The minimum absolute atomic E-state index is 0.0512. The standard InChI is InChI=1S/C20H21F2NO/c1-13(14-6-3-2-4-7-14)10-11-23-20(24)16-12-15(16)19-17(21)8-5-9-18(19)22/h2-9,13,15-16H,10-12H2,1H3,(H,23,24). The van der Waals surface area contributed by atoms with Gasteiger partial charge in [0, 0.05) is 23.9 Å². The van der Waals surface area contributed by atoms with E-state index in [-0.39, 0.29) is 23.3 Å². The number of benzene rings is 2. The summed E-state index contributed by atoms with van der Waals surface area (Å²) in [4.78, 5) is 12.2. The number of carbonyl (C=O) groups is 1. The SMILES string of the molecule is CC(CCNC(=O)C1CC1c1c(F)cccc1F)c1ccccc1. The molecule has 1 aliphatic carbocycles. The lowest BCUT2D eigenvalue weighted by Crippen LogP contribution is -2.27. The summed E-state index contributed by atoms with van der Waals surface area (Å²) >= 11 is 0. The lowest BCUT2D eigenvalue weighted by Gasteiger charge is -2.12. The topological polar surface area (TPSA) is 29.1 Å². The molecule has 1 N–H and O–H groups in total. The average molecular weight is 329 g/mol. The van der Waals surface area contributed by atoms with Crippen molar-refractivity contribution in [2.45, 2.75) is 31.6 Å². The zero-order chi connectivity index (χ0) is 17.1. The molecule has 24 heavy (non-hydrogen) atoms. The second kappa shape index (κ2) is 7.12. The van der Waals surface area contributed by atoms with Crippen molar-refractivity contribution in [1.29, 1.82) is 0 Å². The summed E-state index contributed by atoms with van der Waals surface area (Å²) in [5.41, 5.74) is 1.29. The van der Waals surface area contributed by atoms with E-state index >= 15 is 0 Å². The Morgan fingerprint density at radius 1 is 1.12 bits per heavy atom. The molecule has 1 aliphatic rings. The van der Waals surface area contributed by atoms with Crippen LogP contribution in [0.3, 0.4) is 0 Å². The van der Waals surface area contributed by atoms with Crippen LogP contribution in [0, 0.1) is 17.6 Å². The van der Waals surface area contributed by atoms with E-state index < -0.39 is 11.6 Å². The fourth-order valence-electron chi connectivity index (χ4n) is 3.16. The quantitative estimate of drug-likeness (QED) is 0.837. The van der Waals surface area contributed by atoms with E-state index in [9.17, 15) is 13.6 Å². The minimum atomic E-state index is -0.562. The predicted molar refractivity (Wildman–Crippen MR) is 89.7 cm³/mol. The van der Waals surface area contributed by atoms with E-state index in [2.05, 4.69) is 24.4 Å². The van der Waals surface area contributed by atoms with Crippen LogP contribution in [-0.4, -0.2) is 12.5 Å². The summed E-state index contributed by atoms with van der Waals surface area (Å²) in [5, 5.41) is 2.90. The molecule has 0 radical (unpaired) electrons. The predicted octanol–water partition coefficient (Wildman–Crippen LogP) is 4.38. The Hall–Kier alpha value is -2.23. The smallest absolute Gasteiger partial charge is 0.223 e. The van der Waals surface area contributed by atoms with E-state index in [1.54, 1.807) is 0 Å². The summed E-state index contributed by atoms with van der Waals surface area (Å²) in [7, 11) is 0. The normalized spacial score (nSPS) is 20.5. The summed E-state index contributed by atoms with van der Waals surface area (Å²) in [6.07, 6.45) is 1.35. The van der Waals surface area contributed by atoms with Gasteiger partial charge in [0.25, 0.3) is 0 Å². The van der Waals surface area contributed by atoms with Crippen molar-refractivity contribution in [1.82, 2.24) is 5.32 Å². The van der Waals surface area contributed by atoms with Crippen LogP contribution in [0.4, 0.5) is 8.78 Å². The Morgan fingerprint density at radius 3 is 2.46 bits per heavy atom. The third kappa shape index (κ3) is 3.64. The van der Waals surface area contributed by atoms with E-state index in [1.807, 2.05) is 18.2 Å². The number of amides is 1. The molecule has 3 atom stereocenters. The van der Waals surface area contributed by atoms with Crippen LogP contribution in [0.2, 0.25) is 0 Å². The van der Waals surface area contributed by atoms with Gasteiger partial charge in [-0.2, -0.15) is 0 Å². The Bertz CT molecular complexity index is 697. The molecule has 1 amide bonds. The first-order chi connectivity index (χ1) is 11.6. The van der Waals surface area contributed by atoms with Crippen molar-refractivity contribution < 1.29 is 13.6 Å². The van der Waals surface area contributed by atoms with E-state index in [0.717, 1.165) is 6.42 Å². The van der Waals surface area contributed by atoms with E-state index in [1.165, 1.54) is 23.8 Å². The van der Waals surface area contributed by atoms with Crippen molar-refractivity contribution in [3.8, 4) is 0 Å². The van der Waals surface area contributed by atoms with Gasteiger partial charge in [-0.25, -0.2) is 8.78 Å². The summed E-state index contributed by atoms with van der Waals surface area (Å²) < 4.78 is 27.5. The number of hydrogen-bond acceptors (Lipinski definition) is 1. The Morgan fingerprint density at radius 2 is 1.79 bits per heavy atom. The molecule has 0 aromatic heterocycles. The van der Waals surface area contributed by atoms with Crippen molar-refractivity contribution in [3.63, 3.8) is 0 Å². The first-order valence-corrected chi connectivity index (χ1v) is 8.34. The molecule has 0 spiro atoms. The van der Waals surface area contributed by atoms with Crippen LogP contribution in [0.5, 0.6) is 0 Å². The highest BCUT2D eigenvalue weighted by Gasteiger charge is 2.46. The Labute approximate surface area is 140 Å². The maximum Gasteiger partial charge on any atom is 0.223 e. The van der Waals surface area contributed by atoms with Gasteiger partial charge in [0.2, 0.25) is 5.91 Å². The summed E-state index contributed by atoms with van der Waals surface area (Å²) in [6.45, 7) is 2.69. The van der Waals surface area contributed by atoms with Crippen LogP contribution in [0.1, 0.15) is 42.7 Å². The zero-order valence-corrected chi connectivity index (χ0v) is 13.6. The van der Waals surface area contributed by atoms with Gasteiger partial charge in [-0.05, 0) is 36.5 Å². The van der Waals surface area contributed by atoms with Crippen molar-refractivity contribution in [3.05, 3.63) is 71.3 Å². The molecule has 1 saturated carbocycles. The maximum absolute atomic E-state index is 13.8. The number of nitrogens with one attached hydrogen (secondary N) is 1. The molecular formula is C20H21F2NO. The average Bonchev–Trinajstić information content (AvgIpc) is 3.36. The molecule has 1 fully saturated rings. The number of halogens is 2. The van der Waals surface area contributed by atoms with Crippen LogP contribution >= 0.6 is 0 Å². The van der Waals surface area contributed by atoms with Crippen LogP contribution in [-0.2, 0) is 4.79 Å². The monoisotopic (exact) mass is 329 g/mol. The highest BCUT2D eigenvalue weighted by atomic mass is 19.1. The molecule has 0 aliphatic heterocycles. The molecule has 4 heteroatoms. The first kappa shape index (κ1) is 16.6. The van der Waals surface area contributed by atoms with Gasteiger partial charge >= 0.3 is 0 Å². The zero-order valence-electron chi connectivity index (χ0n) is 13.6. The minimum Gasteiger partial charge on any atom is -0.356 e. The molecule has 3 unspecified atom stereocenters. The third-order valence-electron chi connectivity index (χ3n) is 4.74.